The van der Waals surface area contributed by atoms with E-state index in [2.05, 4.69) is 10.3 Å². The van der Waals surface area contributed by atoms with Crippen LogP contribution in [0, 0.1) is 0 Å². The standard InChI is InChI=1S/C21H19N3O4S/c1-26-16-9-17(27-2)11-18(10-16)28-13-20(25)22-15-5-3-14(4-6-15)19-12-24-7-8-29-21(24)23-19/h3-12H,13H2,1-2H3,(H,22,25). The van der Waals surface area contributed by atoms with E-state index in [9.17, 15) is 4.79 Å². The first-order valence-corrected chi connectivity index (χ1v) is 9.71. The Balaban J connectivity index is 1.36. The van der Waals surface area contributed by atoms with Crippen LogP contribution in [0.25, 0.3) is 16.2 Å². The highest BCUT2D eigenvalue weighted by atomic mass is 32.1. The smallest absolute Gasteiger partial charge is 0.262 e. The van der Waals surface area contributed by atoms with Gasteiger partial charge in [0.1, 0.15) is 17.2 Å². The van der Waals surface area contributed by atoms with Crippen molar-refractivity contribution in [2.75, 3.05) is 26.1 Å². The van der Waals surface area contributed by atoms with Crippen LogP contribution in [0.5, 0.6) is 17.2 Å². The SMILES string of the molecule is COc1cc(OC)cc(OCC(=O)Nc2ccc(-c3cn4ccsc4n3)cc2)c1. The van der Waals surface area contributed by atoms with Crippen LogP contribution in [-0.2, 0) is 4.79 Å². The first-order valence-electron chi connectivity index (χ1n) is 8.83. The molecule has 1 amide bonds. The highest BCUT2D eigenvalue weighted by molar-refractivity contribution is 7.15. The Morgan fingerprint density at radius 2 is 1.76 bits per heavy atom. The number of ether oxygens (including phenoxy) is 3. The van der Waals surface area contributed by atoms with Crippen LogP contribution in [0.1, 0.15) is 0 Å². The second kappa shape index (κ2) is 8.24. The fourth-order valence-corrected chi connectivity index (χ4v) is 3.50. The molecule has 0 aliphatic rings. The summed E-state index contributed by atoms with van der Waals surface area (Å²) in [4.78, 5) is 17.7. The minimum atomic E-state index is -0.262. The number of hydrogen-bond donors (Lipinski definition) is 1. The van der Waals surface area contributed by atoms with Gasteiger partial charge in [0.05, 0.1) is 19.9 Å². The molecule has 148 valence electrons. The predicted octanol–water partition coefficient (Wildman–Crippen LogP) is 4.10. The Kier molecular flexibility index (Phi) is 5.35. The van der Waals surface area contributed by atoms with Crippen molar-refractivity contribution in [2.45, 2.75) is 0 Å². The maximum atomic E-state index is 12.2. The second-order valence-electron chi connectivity index (χ2n) is 6.18. The molecular formula is C21H19N3O4S. The lowest BCUT2D eigenvalue weighted by Crippen LogP contribution is -2.20. The molecule has 4 rings (SSSR count). The average molecular weight is 409 g/mol. The summed E-state index contributed by atoms with van der Waals surface area (Å²) in [7, 11) is 3.11. The molecule has 29 heavy (non-hydrogen) atoms. The van der Waals surface area contributed by atoms with Gasteiger partial charge in [0.15, 0.2) is 11.6 Å². The minimum absolute atomic E-state index is 0.130. The van der Waals surface area contributed by atoms with E-state index in [-0.39, 0.29) is 12.5 Å². The van der Waals surface area contributed by atoms with Gasteiger partial charge in [-0.1, -0.05) is 12.1 Å². The molecule has 0 aliphatic carbocycles. The van der Waals surface area contributed by atoms with Gasteiger partial charge in [0.25, 0.3) is 5.91 Å². The van der Waals surface area contributed by atoms with E-state index < -0.39 is 0 Å². The van der Waals surface area contributed by atoms with E-state index in [1.54, 1.807) is 43.8 Å². The van der Waals surface area contributed by atoms with Crippen molar-refractivity contribution in [1.82, 2.24) is 9.38 Å². The third-order valence-corrected chi connectivity index (χ3v) is 5.02. The zero-order valence-electron chi connectivity index (χ0n) is 15.9. The normalized spacial score (nSPS) is 10.7. The molecule has 0 bridgehead atoms. The Morgan fingerprint density at radius 1 is 1.07 bits per heavy atom. The van der Waals surface area contributed by atoms with Crippen molar-refractivity contribution in [3.63, 3.8) is 0 Å². The van der Waals surface area contributed by atoms with E-state index in [4.69, 9.17) is 14.2 Å². The topological polar surface area (TPSA) is 74.1 Å². The van der Waals surface area contributed by atoms with Crippen molar-refractivity contribution in [3.05, 3.63) is 60.2 Å². The van der Waals surface area contributed by atoms with Gasteiger partial charge in [-0.2, -0.15) is 0 Å². The lowest BCUT2D eigenvalue weighted by molar-refractivity contribution is -0.118. The first kappa shape index (κ1) is 18.8. The van der Waals surface area contributed by atoms with Gasteiger partial charge in [-0.25, -0.2) is 4.98 Å². The number of benzene rings is 2. The number of anilines is 1. The van der Waals surface area contributed by atoms with Gasteiger partial charge < -0.3 is 19.5 Å². The summed E-state index contributed by atoms with van der Waals surface area (Å²) in [5.74, 6) is 1.41. The molecule has 0 radical (unpaired) electrons. The summed E-state index contributed by atoms with van der Waals surface area (Å²) in [5, 5.41) is 4.81. The third kappa shape index (κ3) is 4.33. The van der Waals surface area contributed by atoms with Crippen LogP contribution in [0.3, 0.4) is 0 Å². The zero-order chi connectivity index (χ0) is 20.2. The Morgan fingerprint density at radius 3 is 2.41 bits per heavy atom. The van der Waals surface area contributed by atoms with E-state index >= 15 is 0 Å². The summed E-state index contributed by atoms with van der Waals surface area (Å²) < 4.78 is 17.9. The largest absolute Gasteiger partial charge is 0.496 e. The van der Waals surface area contributed by atoms with Gasteiger partial charge in [-0.15, -0.1) is 11.3 Å². The molecule has 8 heteroatoms. The molecular weight excluding hydrogens is 390 g/mol. The molecule has 2 aromatic heterocycles. The van der Waals surface area contributed by atoms with E-state index in [1.165, 1.54) is 0 Å². The Labute approximate surface area is 171 Å². The highest BCUT2D eigenvalue weighted by Gasteiger charge is 2.09. The van der Waals surface area contributed by atoms with Crippen molar-refractivity contribution in [1.29, 1.82) is 0 Å². The van der Waals surface area contributed by atoms with Crippen LogP contribution in [0.15, 0.2) is 60.2 Å². The third-order valence-electron chi connectivity index (χ3n) is 4.25. The number of imidazole rings is 1. The van der Waals surface area contributed by atoms with E-state index in [1.807, 2.05) is 46.4 Å². The molecule has 0 atom stereocenters. The number of carbonyl (C=O) groups is 1. The fraction of sp³-hybridized carbons (Fsp3) is 0.143. The molecule has 0 saturated heterocycles. The molecule has 0 saturated carbocycles. The summed E-state index contributed by atoms with van der Waals surface area (Å²) in [5.41, 5.74) is 2.57. The lowest BCUT2D eigenvalue weighted by Gasteiger charge is -2.10. The maximum absolute atomic E-state index is 12.2. The van der Waals surface area contributed by atoms with Gasteiger partial charge in [0.2, 0.25) is 0 Å². The quantitative estimate of drug-likeness (QED) is 0.498. The molecule has 2 aromatic carbocycles. The number of fused-ring (bicyclic) bond motifs is 1. The fourth-order valence-electron chi connectivity index (χ4n) is 2.80. The molecule has 4 aromatic rings. The van der Waals surface area contributed by atoms with E-state index in [0.29, 0.717) is 22.9 Å². The summed E-state index contributed by atoms with van der Waals surface area (Å²) >= 11 is 1.59. The van der Waals surface area contributed by atoms with Crippen molar-refractivity contribution in [3.8, 4) is 28.5 Å². The van der Waals surface area contributed by atoms with Gasteiger partial charge in [0, 0.05) is 47.2 Å². The number of rotatable bonds is 7. The molecule has 7 nitrogen and oxygen atoms in total. The number of thiazole rings is 1. The van der Waals surface area contributed by atoms with Crippen LogP contribution in [-0.4, -0.2) is 36.1 Å². The number of methoxy groups -OCH3 is 2. The molecule has 0 spiro atoms. The van der Waals surface area contributed by atoms with E-state index in [0.717, 1.165) is 16.2 Å². The Hall–Kier alpha value is -3.52. The van der Waals surface area contributed by atoms with Crippen molar-refractivity contribution >= 4 is 27.9 Å². The number of aromatic nitrogens is 2. The average Bonchev–Trinajstić information content (AvgIpc) is 3.35. The Bertz CT molecular complexity index is 1080. The molecule has 1 N–H and O–H groups in total. The highest BCUT2D eigenvalue weighted by Crippen LogP contribution is 2.27. The van der Waals surface area contributed by atoms with Crippen molar-refractivity contribution < 1.29 is 19.0 Å². The second-order valence-corrected chi connectivity index (χ2v) is 7.05. The molecule has 0 aliphatic heterocycles. The molecule has 0 fully saturated rings. The number of nitrogens with one attached hydrogen (secondary N) is 1. The predicted molar refractivity (Wildman–Crippen MR) is 112 cm³/mol. The van der Waals surface area contributed by atoms with Gasteiger partial charge in [-0.3, -0.25) is 9.20 Å². The lowest BCUT2D eigenvalue weighted by atomic mass is 10.1. The summed E-state index contributed by atoms with van der Waals surface area (Å²) in [6.45, 7) is -0.130. The van der Waals surface area contributed by atoms with Crippen molar-refractivity contribution in [2.24, 2.45) is 0 Å². The number of hydrogen-bond acceptors (Lipinski definition) is 6. The van der Waals surface area contributed by atoms with Crippen LogP contribution in [0.4, 0.5) is 5.69 Å². The number of nitrogens with zero attached hydrogens (tertiary/aromatic N) is 2. The first-order chi connectivity index (χ1) is 14.1. The number of carbonyl (C=O) groups excluding carboxylic acids is 1. The monoisotopic (exact) mass is 409 g/mol. The van der Waals surface area contributed by atoms with Gasteiger partial charge >= 0.3 is 0 Å². The van der Waals surface area contributed by atoms with Crippen LogP contribution >= 0.6 is 11.3 Å². The molecule has 0 unspecified atom stereocenters. The zero-order valence-corrected chi connectivity index (χ0v) is 16.7. The number of amides is 1. The van der Waals surface area contributed by atoms with Crippen LogP contribution in [0.2, 0.25) is 0 Å². The summed E-state index contributed by atoms with van der Waals surface area (Å²) in [6.07, 6.45) is 3.96. The maximum Gasteiger partial charge on any atom is 0.262 e. The van der Waals surface area contributed by atoms with Gasteiger partial charge in [-0.05, 0) is 12.1 Å². The van der Waals surface area contributed by atoms with Crippen LogP contribution < -0.4 is 19.5 Å². The minimum Gasteiger partial charge on any atom is -0.496 e. The summed E-state index contributed by atoms with van der Waals surface area (Å²) in [6, 6.07) is 12.7. The molecule has 2 heterocycles.